The van der Waals surface area contributed by atoms with Crippen LogP contribution in [0.25, 0.3) is 0 Å². The van der Waals surface area contributed by atoms with E-state index in [0.29, 0.717) is 11.5 Å². The fraction of sp³-hybridized carbons (Fsp3) is 0.250. The maximum absolute atomic E-state index is 13.1. The van der Waals surface area contributed by atoms with Gasteiger partial charge in [0, 0.05) is 0 Å². The minimum Gasteiger partial charge on any atom is -0.329 e. The van der Waals surface area contributed by atoms with Crippen molar-refractivity contribution in [3.63, 3.8) is 0 Å². The summed E-state index contributed by atoms with van der Waals surface area (Å²) in [5, 5.41) is 0. The van der Waals surface area contributed by atoms with E-state index in [2.05, 4.69) is 0 Å². The number of sulfone groups is 1. The van der Waals surface area contributed by atoms with Crippen LogP contribution in [0.1, 0.15) is 6.42 Å². The highest BCUT2D eigenvalue weighted by Crippen LogP contribution is 2.56. The maximum Gasteiger partial charge on any atom is 0.409 e. The molecule has 0 saturated carbocycles. The third-order valence-electron chi connectivity index (χ3n) is 3.62. The van der Waals surface area contributed by atoms with Crippen molar-refractivity contribution in [3.05, 3.63) is 60.7 Å². The number of hydrogen-bond donors (Lipinski definition) is 0. The van der Waals surface area contributed by atoms with Gasteiger partial charge in [-0.25, -0.2) is 8.42 Å². The molecule has 0 spiro atoms. The van der Waals surface area contributed by atoms with E-state index in [-0.39, 0.29) is 17.9 Å². The monoisotopic (exact) mass is 384 g/mol. The van der Waals surface area contributed by atoms with E-state index < -0.39 is 23.1 Å². The van der Waals surface area contributed by atoms with E-state index in [1.165, 1.54) is 0 Å². The second-order valence-corrected chi connectivity index (χ2v) is 9.88. The molecule has 25 heavy (non-hydrogen) atoms. The van der Waals surface area contributed by atoms with Gasteiger partial charge < -0.3 is 9.78 Å². The molecule has 7 nitrogen and oxygen atoms in total. The molecule has 1 aliphatic heterocycles. The van der Waals surface area contributed by atoms with Gasteiger partial charge in [-0.3, -0.25) is 4.57 Å². The molecule has 9 heteroatoms. The molecule has 0 aliphatic carbocycles. The largest absolute Gasteiger partial charge is 0.409 e. The molecule has 2 aromatic rings. The lowest BCUT2D eigenvalue weighted by Gasteiger charge is -2.20. The van der Waals surface area contributed by atoms with Gasteiger partial charge in [0.15, 0.2) is 21.3 Å². The van der Waals surface area contributed by atoms with Crippen LogP contribution in [0.15, 0.2) is 60.7 Å². The molecule has 0 N–H and O–H groups in total. The van der Waals surface area contributed by atoms with Crippen molar-refractivity contribution in [2.75, 3.05) is 11.5 Å². The Bertz CT molecular complexity index is 792. The van der Waals surface area contributed by atoms with Gasteiger partial charge in [0.05, 0.1) is 17.2 Å². The summed E-state index contributed by atoms with van der Waals surface area (Å²) in [5.41, 5.74) is -0.857. The van der Waals surface area contributed by atoms with Gasteiger partial charge in [-0.05, 0) is 30.7 Å². The fourth-order valence-corrected chi connectivity index (χ4v) is 6.54. The minimum atomic E-state index is -4.00. The Balaban J connectivity index is 1.74. The highest BCUT2D eigenvalue weighted by Gasteiger charge is 2.47. The minimum absolute atomic E-state index is 0.0783. The van der Waals surface area contributed by atoms with Crippen LogP contribution in [0.5, 0.6) is 11.5 Å². The fourth-order valence-electron chi connectivity index (χ4n) is 2.30. The topological polar surface area (TPSA) is 88.1 Å². The highest BCUT2D eigenvalue weighted by atomic mass is 32.2. The van der Waals surface area contributed by atoms with Crippen molar-refractivity contribution in [1.29, 1.82) is 0 Å². The Hall–Kier alpha value is -1.86. The number of para-hydroxylation sites is 2. The summed E-state index contributed by atoms with van der Waals surface area (Å²) in [6.45, 7) is 0. The van der Waals surface area contributed by atoms with Crippen LogP contribution >= 0.6 is 7.60 Å². The van der Waals surface area contributed by atoms with Gasteiger partial charge in [-0.2, -0.15) is 0 Å². The first kappa shape index (κ1) is 17.9. The molecule has 0 amide bonds. The lowest BCUT2D eigenvalue weighted by molar-refractivity contribution is -0.172. The van der Waals surface area contributed by atoms with E-state index >= 15 is 0 Å². The first-order valence-electron chi connectivity index (χ1n) is 7.60. The van der Waals surface area contributed by atoms with Crippen LogP contribution in [0, 0.1) is 0 Å². The SMILES string of the molecule is O=P(OOc1ccccc1)(OOc1ccccc1)C1CCS(=O)(=O)C1. The molecule has 134 valence electrons. The molecular weight excluding hydrogens is 367 g/mol. The molecule has 1 saturated heterocycles. The van der Waals surface area contributed by atoms with Gasteiger partial charge in [-0.15, -0.1) is 0 Å². The Morgan fingerprint density at radius 1 is 0.840 bits per heavy atom. The van der Waals surface area contributed by atoms with Crippen LogP contribution in [0.4, 0.5) is 0 Å². The molecule has 1 heterocycles. The lowest BCUT2D eigenvalue weighted by Crippen LogP contribution is -2.17. The van der Waals surface area contributed by atoms with Crippen molar-refractivity contribution in [2.24, 2.45) is 0 Å². The van der Waals surface area contributed by atoms with Crippen molar-refractivity contribution < 1.29 is 32.1 Å². The Labute approximate surface area is 145 Å². The summed E-state index contributed by atoms with van der Waals surface area (Å²) in [7, 11) is -7.29. The molecule has 1 unspecified atom stereocenters. The Morgan fingerprint density at radius 2 is 1.32 bits per heavy atom. The maximum atomic E-state index is 13.1. The van der Waals surface area contributed by atoms with Crippen molar-refractivity contribution >= 4 is 17.4 Å². The zero-order chi connectivity index (χ0) is 17.8. The predicted octanol–water partition coefficient (Wildman–Crippen LogP) is 3.39. The van der Waals surface area contributed by atoms with Crippen LogP contribution < -0.4 is 9.78 Å². The summed E-state index contributed by atoms with van der Waals surface area (Å²) >= 11 is 0. The smallest absolute Gasteiger partial charge is 0.329 e. The first-order chi connectivity index (χ1) is 12.0. The van der Waals surface area contributed by atoms with Gasteiger partial charge >= 0.3 is 7.60 Å². The van der Waals surface area contributed by atoms with Crippen molar-refractivity contribution in [2.45, 2.75) is 12.1 Å². The Kier molecular flexibility index (Phi) is 5.44. The number of rotatable bonds is 7. The lowest BCUT2D eigenvalue weighted by atomic mass is 10.3. The van der Waals surface area contributed by atoms with Crippen LogP contribution in [-0.4, -0.2) is 25.6 Å². The molecule has 0 radical (unpaired) electrons. The van der Waals surface area contributed by atoms with E-state index in [9.17, 15) is 13.0 Å². The average molecular weight is 384 g/mol. The third-order valence-corrected chi connectivity index (χ3v) is 7.53. The number of benzene rings is 2. The summed E-state index contributed by atoms with van der Waals surface area (Å²) < 4.78 is 46.7. The quantitative estimate of drug-likeness (QED) is 0.411. The first-order valence-corrected chi connectivity index (χ1v) is 11.0. The Morgan fingerprint density at radius 3 is 1.72 bits per heavy atom. The molecule has 3 rings (SSSR count). The zero-order valence-electron chi connectivity index (χ0n) is 13.2. The zero-order valence-corrected chi connectivity index (χ0v) is 14.9. The van der Waals surface area contributed by atoms with Gasteiger partial charge in [-0.1, -0.05) is 45.7 Å². The summed E-state index contributed by atoms with van der Waals surface area (Å²) in [6, 6.07) is 16.8. The van der Waals surface area contributed by atoms with Crippen LogP contribution in [-0.2, 0) is 23.8 Å². The van der Waals surface area contributed by atoms with Crippen molar-refractivity contribution in [1.82, 2.24) is 0 Å². The van der Waals surface area contributed by atoms with E-state index in [1.54, 1.807) is 60.7 Å². The van der Waals surface area contributed by atoms with Gasteiger partial charge in [0.2, 0.25) is 0 Å². The van der Waals surface area contributed by atoms with E-state index in [0.717, 1.165) is 0 Å². The molecule has 2 aromatic carbocycles. The molecule has 0 aromatic heterocycles. The molecule has 1 atom stereocenters. The second-order valence-electron chi connectivity index (χ2n) is 5.54. The van der Waals surface area contributed by atoms with Gasteiger partial charge in [0.1, 0.15) is 0 Å². The number of hydrogen-bond acceptors (Lipinski definition) is 7. The van der Waals surface area contributed by atoms with Crippen LogP contribution in [0.2, 0.25) is 0 Å². The summed E-state index contributed by atoms with van der Waals surface area (Å²) in [6.07, 6.45) is 0.149. The normalized spacial score (nSPS) is 19.4. The summed E-state index contributed by atoms with van der Waals surface area (Å²) in [4.78, 5) is 10.2. The molecule has 1 aliphatic rings. The highest BCUT2D eigenvalue weighted by molar-refractivity contribution is 7.92. The van der Waals surface area contributed by atoms with E-state index in [4.69, 9.17) is 19.1 Å². The second kappa shape index (κ2) is 7.58. The predicted molar refractivity (Wildman–Crippen MR) is 91.0 cm³/mol. The molecular formula is C16H17O7PS. The van der Waals surface area contributed by atoms with Crippen LogP contribution in [0.3, 0.4) is 0 Å². The van der Waals surface area contributed by atoms with Crippen molar-refractivity contribution in [3.8, 4) is 11.5 Å². The molecule has 1 fully saturated rings. The van der Waals surface area contributed by atoms with Gasteiger partial charge in [0.25, 0.3) is 0 Å². The summed E-state index contributed by atoms with van der Waals surface area (Å²) in [5.74, 6) is 0.241. The third kappa shape index (κ3) is 4.83. The standard InChI is InChI=1S/C16H17O7PS/c17-24(16-11-12-25(18,19)13-16,22-20-14-7-3-1-4-8-14)23-21-15-9-5-2-6-10-15/h1-10,16H,11-13H2. The average Bonchev–Trinajstić information content (AvgIpc) is 3.01. The molecule has 0 bridgehead atoms. The van der Waals surface area contributed by atoms with E-state index in [1.807, 2.05) is 0 Å².